The van der Waals surface area contributed by atoms with Gasteiger partial charge < -0.3 is 16.0 Å². The van der Waals surface area contributed by atoms with Gasteiger partial charge in [-0.05, 0) is 13.3 Å². The lowest BCUT2D eigenvalue weighted by atomic mass is 9.89. The molecule has 1 aliphatic rings. The summed E-state index contributed by atoms with van der Waals surface area (Å²) in [5.74, 6) is 0.138. The van der Waals surface area contributed by atoms with Crippen LogP contribution in [0, 0.1) is 5.41 Å². The van der Waals surface area contributed by atoms with E-state index in [1.807, 2.05) is 6.92 Å². The summed E-state index contributed by atoms with van der Waals surface area (Å²) in [4.78, 5) is 25.8. The lowest BCUT2D eigenvalue weighted by Gasteiger charge is -2.22. The van der Waals surface area contributed by atoms with Crippen LogP contribution < -0.4 is 11.1 Å². The Labute approximate surface area is 111 Å². The highest BCUT2D eigenvalue weighted by Crippen LogP contribution is 2.31. The third-order valence-corrected chi connectivity index (χ3v) is 3.75. The van der Waals surface area contributed by atoms with E-state index in [1.54, 1.807) is 19.0 Å². The van der Waals surface area contributed by atoms with Crippen molar-refractivity contribution < 1.29 is 9.59 Å². The van der Waals surface area contributed by atoms with Crippen molar-refractivity contribution in [3.8, 4) is 0 Å². The summed E-state index contributed by atoms with van der Waals surface area (Å²) in [5, 5.41) is 6.61. The summed E-state index contributed by atoms with van der Waals surface area (Å²) < 4.78 is 1.46. The Morgan fingerprint density at radius 1 is 1.53 bits per heavy atom. The summed E-state index contributed by atoms with van der Waals surface area (Å²) in [6.07, 6.45) is 2.12. The zero-order valence-corrected chi connectivity index (χ0v) is 11.4. The number of rotatable bonds is 2. The third kappa shape index (κ3) is 2.16. The molecule has 7 heteroatoms. The molecule has 0 aromatic carbocycles. The zero-order valence-electron chi connectivity index (χ0n) is 11.4. The zero-order chi connectivity index (χ0) is 14.2. The van der Waals surface area contributed by atoms with Crippen molar-refractivity contribution in [1.82, 2.24) is 20.0 Å². The normalized spacial score (nSPS) is 22.6. The molecule has 1 aromatic rings. The first-order valence-corrected chi connectivity index (χ1v) is 6.18. The first-order valence-electron chi connectivity index (χ1n) is 6.18. The van der Waals surface area contributed by atoms with E-state index in [1.165, 1.54) is 10.9 Å². The number of hydrogen-bond acceptors (Lipinski definition) is 4. The molecule has 3 N–H and O–H groups in total. The molecular weight excluding hydrogens is 246 g/mol. The van der Waals surface area contributed by atoms with Crippen LogP contribution in [0.4, 0.5) is 5.82 Å². The molecule has 0 saturated carbocycles. The average Bonchev–Trinajstić information content (AvgIpc) is 2.94. The molecule has 1 atom stereocenters. The summed E-state index contributed by atoms with van der Waals surface area (Å²) in [6.45, 7) is 2.82. The van der Waals surface area contributed by atoms with Gasteiger partial charge >= 0.3 is 0 Å². The highest BCUT2D eigenvalue weighted by molar-refractivity contribution is 5.99. The fourth-order valence-corrected chi connectivity index (χ4v) is 2.40. The Morgan fingerprint density at radius 3 is 2.74 bits per heavy atom. The first-order chi connectivity index (χ1) is 8.89. The minimum Gasteiger partial charge on any atom is -0.383 e. The van der Waals surface area contributed by atoms with E-state index in [0.717, 1.165) is 0 Å². The lowest BCUT2D eigenvalue weighted by molar-refractivity contribution is -0.128. The van der Waals surface area contributed by atoms with Gasteiger partial charge in [0.2, 0.25) is 5.91 Å². The Kier molecular flexibility index (Phi) is 3.21. The van der Waals surface area contributed by atoms with Gasteiger partial charge in [-0.1, -0.05) is 0 Å². The van der Waals surface area contributed by atoms with Crippen molar-refractivity contribution >= 4 is 17.6 Å². The van der Waals surface area contributed by atoms with Crippen molar-refractivity contribution in [2.24, 2.45) is 12.5 Å². The number of aromatic nitrogens is 2. The van der Waals surface area contributed by atoms with Crippen molar-refractivity contribution in [2.45, 2.75) is 13.3 Å². The average molecular weight is 265 g/mol. The maximum atomic E-state index is 12.3. The second kappa shape index (κ2) is 4.56. The first kappa shape index (κ1) is 13.4. The van der Waals surface area contributed by atoms with Gasteiger partial charge in [-0.25, -0.2) is 0 Å². The molecule has 7 nitrogen and oxygen atoms in total. The molecule has 1 aromatic heterocycles. The van der Waals surface area contributed by atoms with Crippen LogP contribution >= 0.6 is 0 Å². The minimum absolute atomic E-state index is 0.0399. The molecule has 1 fully saturated rings. The van der Waals surface area contributed by atoms with Crippen LogP contribution in [0.5, 0.6) is 0 Å². The van der Waals surface area contributed by atoms with Crippen molar-refractivity contribution in [1.29, 1.82) is 0 Å². The van der Waals surface area contributed by atoms with Gasteiger partial charge in [0, 0.05) is 27.2 Å². The van der Waals surface area contributed by atoms with E-state index in [0.29, 0.717) is 30.9 Å². The molecule has 2 heterocycles. The van der Waals surface area contributed by atoms with Crippen LogP contribution in [0.2, 0.25) is 0 Å². The molecule has 1 unspecified atom stereocenters. The third-order valence-electron chi connectivity index (χ3n) is 3.75. The Balaban J connectivity index is 2.15. The summed E-state index contributed by atoms with van der Waals surface area (Å²) in [6, 6.07) is 0. The predicted octanol–water partition coefficient (Wildman–Crippen LogP) is -0.399. The van der Waals surface area contributed by atoms with Gasteiger partial charge in [-0.2, -0.15) is 5.10 Å². The van der Waals surface area contributed by atoms with Gasteiger partial charge in [0.05, 0.1) is 11.6 Å². The monoisotopic (exact) mass is 265 g/mol. The second-order valence-corrected chi connectivity index (χ2v) is 5.18. The molecule has 104 valence electrons. The number of anilines is 1. The summed E-state index contributed by atoms with van der Waals surface area (Å²) in [7, 11) is 3.29. The SMILES string of the molecule is CNC(=O)C1(C)CCN(C(=O)c2cnn(C)c2N)C1. The number of nitrogens with one attached hydrogen (secondary N) is 1. The van der Waals surface area contributed by atoms with Crippen LogP contribution in [-0.2, 0) is 11.8 Å². The minimum atomic E-state index is -0.526. The van der Waals surface area contributed by atoms with Gasteiger partial charge in [0.25, 0.3) is 5.91 Å². The van der Waals surface area contributed by atoms with E-state index >= 15 is 0 Å². The van der Waals surface area contributed by atoms with Crippen LogP contribution in [0.1, 0.15) is 23.7 Å². The lowest BCUT2D eigenvalue weighted by Crippen LogP contribution is -2.40. The number of nitrogens with zero attached hydrogens (tertiary/aromatic N) is 3. The molecule has 0 spiro atoms. The van der Waals surface area contributed by atoms with Gasteiger partial charge in [-0.3, -0.25) is 14.3 Å². The number of carbonyl (C=O) groups excluding carboxylic acids is 2. The number of aryl methyl sites for hydroxylation is 1. The number of likely N-dealkylation sites (tertiary alicyclic amines) is 1. The molecule has 0 aliphatic carbocycles. The highest BCUT2D eigenvalue weighted by Gasteiger charge is 2.42. The molecule has 1 saturated heterocycles. The number of amides is 2. The molecule has 19 heavy (non-hydrogen) atoms. The van der Waals surface area contributed by atoms with E-state index in [2.05, 4.69) is 10.4 Å². The smallest absolute Gasteiger partial charge is 0.259 e. The van der Waals surface area contributed by atoms with E-state index in [4.69, 9.17) is 5.73 Å². The number of hydrogen-bond donors (Lipinski definition) is 2. The molecule has 2 rings (SSSR count). The Bertz CT molecular complexity index is 524. The van der Waals surface area contributed by atoms with E-state index < -0.39 is 5.41 Å². The van der Waals surface area contributed by atoms with Crippen molar-refractivity contribution in [3.05, 3.63) is 11.8 Å². The van der Waals surface area contributed by atoms with Crippen LogP contribution in [0.15, 0.2) is 6.20 Å². The molecule has 0 radical (unpaired) electrons. The van der Waals surface area contributed by atoms with Crippen LogP contribution in [0.25, 0.3) is 0 Å². The van der Waals surface area contributed by atoms with Crippen LogP contribution in [-0.4, -0.2) is 46.6 Å². The van der Waals surface area contributed by atoms with Crippen molar-refractivity contribution in [2.75, 3.05) is 25.9 Å². The molecule has 1 aliphatic heterocycles. The summed E-state index contributed by atoms with van der Waals surface area (Å²) in [5.41, 5.74) is 5.66. The fraction of sp³-hybridized carbons (Fsp3) is 0.583. The summed E-state index contributed by atoms with van der Waals surface area (Å²) >= 11 is 0. The molecule has 0 bridgehead atoms. The predicted molar refractivity (Wildman–Crippen MR) is 70.3 cm³/mol. The quantitative estimate of drug-likeness (QED) is 0.761. The van der Waals surface area contributed by atoms with Gasteiger partial charge in [-0.15, -0.1) is 0 Å². The number of carbonyl (C=O) groups is 2. The maximum Gasteiger partial charge on any atom is 0.259 e. The molecular formula is C12H19N5O2. The number of nitrogens with two attached hydrogens (primary N) is 1. The maximum absolute atomic E-state index is 12.3. The van der Waals surface area contributed by atoms with E-state index in [9.17, 15) is 9.59 Å². The fourth-order valence-electron chi connectivity index (χ4n) is 2.40. The standard InChI is InChI=1S/C12H19N5O2/c1-12(11(19)14-2)4-5-17(7-12)10(18)8-6-15-16(3)9(8)13/h6H,4-5,7,13H2,1-3H3,(H,14,19). The van der Waals surface area contributed by atoms with Gasteiger partial charge in [0.1, 0.15) is 11.4 Å². The highest BCUT2D eigenvalue weighted by atomic mass is 16.2. The number of nitrogen functional groups attached to an aromatic ring is 1. The largest absolute Gasteiger partial charge is 0.383 e. The van der Waals surface area contributed by atoms with Crippen molar-refractivity contribution in [3.63, 3.8) is 0 Å². The van der Waals surface area contributed by atoms with Gasteiger partial charge in [0.15, 0.2) is 0 Å². The second-order valence-electron chi connectivity index (χ2n) is 5.18. The Morgan fingerprint density at radius 2 is 2.21 bits per heavy atom. The topological polar surface area (TPSA) is 93.2 Å². The van der Waals surface area contributed by atoms with Crippen LogP contribution in [0.3, 0.4) is 0 Å². The molecule has 2 amide bonds. The Hall–Kier alpha value is -2.05. The van der Waals surface area contributed by atoms with E-state index in [-0.39, 0.29) is 11.8 Å².